The first-order valence-corrected chi connectivity index (χ1v) is 5.08. The number of nitrogens with one attached hydrogen (secondary N) is 1. The summed E-state index contributed by atoms with van der Waals surface area (Å²) in [5, 5.41) is 0. The molecule has 3 N–H and O–H groups in total. The summed E-state index contributed by atoms with van der Waals surface area (Å²) in [6, 6.07) is 6.54. The molecule has 4 heteroatoms. The molecule has 0 aliphatic carbocycles. The van der Waals surface area contributed by atoms with E-state index in [2.05, 4.69) is 47.9 Å². The number of benzene rings is 1. The van der Waals surface area contributed by atoms with Crippen LogP contribution in [-0.4, -0.2) is 9.55 Å². The summed E-state index contributed by atoms with van der Waals surface area (Å²) < 4.78 is 2.10. The quantitative estimate of drug-likeness (QED) is 0.582. The summed E-state index contributed by atoms with van der Waals surface area (Å²) in [5.41, 5.74) is 5.96. The van der Waals surface area contributed by atoms with Crippen LogP contribution in [0.3, 0.4) is 0 Å². The second-order valence-corrected chi connectivity index (χ2v) is 4.04. The minimum Gasteiger partial charge on any atom is -0.307 e. The maximum atomic E-state index is 5.46. The van der Waals surface area contributed by atoms with Crippen LogP contribution in [0.1, 0.15) is 25.5 Å². The highest BCUT2D eigenvalue weighted by Gasteiger charge is 2.11. The number of hydrogen-bond acceptors (Lipinski definition) is 3. The molecule has 80 valence electrons. The first-order valence-electron chi connectivity index (χ1n) is 5.08. The van der Waals surface area contributed by atoms with Gasteiger partial charge in [0.05, 0.1) is 11.0 Å². The third-order valence-electron chi connectivity index (χ3n) is 2.49. The van der Waals surface area contributed by atoms with Crippen molar-refractivity contribution < 1.29 is 0 Å². The summed E-state index contributed by atoms with van der Waals surface area (Å²) in [6.45, 7) is 6.31. The number of hydrogen-bond donors (Lipinski definition) is 2. The van der Waals surface area contributed by atoms with E-state index in [1.54, 1.807) is 0 Å². The van der Waals surface area contributed by atoms with Crippen LogP contribution in [0.2, 0.25) is 0 Å². The summed E-state index contributed by atoms with van der Waals surface area (Å²) >= 11 is 0. The van der Waals surface area contributed by atoms with Gasteiger partial charge in [-0.15, -0.1) is 0 Å². The summed E-state index contributed by atoms with van der Waals surface area (Å²) in [5.74, 6) is 6.17. The third kappa shape index (κ3) is 1.57. The van der Waals surface area contributed by atoms with Crippen LogP contribution >= 0.6 is 0 Å². The molecule has 4 nitrogen and oxygen atoms in total. The predicted octanol–water partition coefficient (Wildman–Crippen LogP) is 2.21. The van der Waals surface area contributed by atoms with Gasteiger partial charge in [0, 0.05) is 6.04 Å². The van der Waals surface area contributed by atoms with E-state index in [4.69, 9.17) is 5.84 Å². The van der Waals surface area contributed by atoms with E-state index in [9.17, 15) is 0 Å². The van der Waals surface area contributed by atoms with Crippen LogP contribution in [0.5, 0.6) is 0 Å². The lowest BCUT2D eigenvalue weighted by Gasteiger charge is -2.12. The van der Waals surface area contributed by atoms with E-state index in [0.717, 1.165) is 11.0 Å². The molecule has 0 saturated carbocycles. The van der Waals surface area contributed by atoms with Gasteiger partial charge in [-0.1, -0.05) is 6.07 Å². The van der Waals surface area contributed by atoms with Crippen molar-refractivity contribution in [2.24, 2.45) is 5.84 Å². The number of anilines is 1. The van der Waals surface area contributed by atoms with Gasteiger partial charge in [0.15, 0.2) is 0 Å². The molecule has 1 aromatic heterocycles. The molecule has 0 bridgehead atoms. The average molecular weight is 204 g/mol. The van der Waals surface area contributed by atoms with Crippen molar-refractivity contribution in [3.63, 3.8) is 0 Å². The molecule has 0 unspecified atom stereocenters. The Morgan fingerprint density at radius 2 is 2.13 bits per heavy atom. The SMILES string of the molecule is Cc1ccc2nc(NN)n(C(C)C)c2c1. The smallest absolute Gasteiger partial charge is 0.218 e. The number of aromatic nitrogens is 2. The summed E-state index contributed by atoms with van der Waals surface area (Å²) in [4.78, 5) is 4.42. The zero-order chi connectivity index (χ0) is 11.0. The molecule has 0 amide bonds. The van der Waals surface area contributed by atoms with Gasteiger partial charge in [-0.05, 0) is 38.5 Å². The normalized spacial score (nSPS) is 11.3. The first kappa shape index (κ1) is 9.98. The number of rotatable bonds is 2. The molecule has 0 radical (unpaired) electrons. The Labute approximate surface area is 89.1 Å². The fraction of sp³-hybridized carbons (Fsp3) is 0.364. The van der Waals surface area contributed by atoms with Crippen molar-refractivity contribution in [3.05, 3.63) is 23.8 Å². The number of aryl methyl sites for hydroxylation is 1. The number of fused-ring (bicyclic) bond motifs is 1. The van der Waals surface area contributed by atoms with Crippen molar-refractivity contribution in [1.82, 2.24) is 9.55 Å². The van der Waals surface area contributed by atoms with Gasteiger partial charge in [0.1, 0.15) is 0 Å². The Kier molecular flexibility index (Phi) is 2.36. The largest absolute Gasteiger partial charge is 0.307 e. The fourth-order valence-corrected chi connectivity index (χ4v) is 1.83. The van der Waals surface area contributed by atoms with Crippen molar-refractivity contribution in [2.75, 3.05) is 5.43 Å². The standard InChI is InChI=1S/C11H16N4/c1-7(2)15-10-6-8(3)4-5-9(10)13-11(15)14-12/h4-7H,12H2,1-3H3,(H,13,14). The Morgan fingerprint density at radius 3 is 2.73 bits per heavy atom. The molecular formula is C11H16N4. The highest BCUT2D eigenvalue weighted by atomic mass is 15.3. The van der Waals surface area contributed by atoms with Gasteiger partial charge >= 0.3 is 0 Å². The number of nitrogens with zero attached hydrogens (tertiary/aromatic N) is 2. The van der Waals surface area contributed by atoms with Crippen molar-refractivity contribution in [1.29, 1.82) is 0 Å². The maximum absolute atomic E-state index is 5.46. The van der Waals surface area contributed by atoms with E-state index in [0.29, 0.717) is 12.0 Å². The summed E-state index contributed by atoms with van der Waals surface area (Å²) in [7, 11) is 0. The second-order valence-electron chi connectivity index (χ2n) is 4.04. The van der Waals surface area contributed by atoms with E-state index in [1.807, 2.05) is 6.07 Å². The lowest BCUT2D eigenvalue weighted by atomic mass is 10.2. The molecule has 0 saturated heterocycles. The topological polar surface area (TPSA) is 55.9 Å². The molecule has 0 fully saturated rings. The van der Waals surface area contributed by atoms with E-state index < -0.39 is 0 Å². The number of imidazole rings is 1. The molecule has 1 aromatic carbocycles. The van der Waals surface area contributed by atoms with E-state index in [-0.39, 0.29) is 0 Å². The van der Waals surface area contributed by atoms with Gasteiger partial charge in [0.2, 0.25) is 5.95 Å². The maximum Gasteiger partial charge on any atom is 0.218 e. The number of hydrazine groups is 1. The Balaban J connectivity index is 2.76. The monoisotopic (exact) mass is 204 g/mol. The Bertz CT molecular complexity index is 485. The molecule has 0 aliphatic rings. The van der Waals surface area contributed by atoms with Crippen LogP contribution in [0.4, 0.5) is 5.95 Å². The first-order chi connectivity index (χ1) is 7.13. The molecule has 1 heterocycles. The molecule has 2 rings (SSSR count). The third-order valence-corrected chi connectivity index (χ3v) is 2.49. The van der Waals surface area contributed by atoms with Gasteiger partial charge in [-0.2, -0.15) is 0 Å². The van der Waals surface area contributed by atoms with Crippen LogP contribution < -0.4 is 11.3 Å². The molecular weight excluding hydrogens is 188 g/mol. The van der Waals surface area contributed by atoms with Crippen molar-refractivity contribution >= 4 is 17.0 Å². The number of nitrogens with two attached hydrogens (primary N) is 1. The van der Waals surface area contributed by atoms with Crippen molar-refractivity contribution in [3.8, 4) is 0 Å². The minimum absolute atomic E-state index is 0.336. The average Bonchev–Trinajstić information content (AvgIpc) is 2.55. The zero-order valence-corrected chi connectivity index (χ0v) is 9.28. The molecule has 0 aliphatic heterocycles. The molecule has 0 atom stereocenters. The van der Waals surface area contributed by atoms with Crippen LogP contribution in [0.15, 0.2) is 18.2 Å². The summed E-state index contributed by atoms with van der Waals surface area (Å²) in [6.07, 6.45) is 0. The van der Waals surface area contributed by atoms with E-state index in [1.165, 1.54) is 5.56 Å². The van der Waals surface area contributed by atoms with Crippen LogP contribution in [-0.2, 0) is 0 Å². The Morgan fingerprint density at radius 1 is 1.40 bits per heavy atom. The minimum atomic E-state index is 0.336. The van der Waals surface area contributed by atoms with E-state index >= 15 is 0 Å². The van der Waals surface area contributed by atoms with Crippen LogP contribution in [0.25, 0.3) is 11.0 Å². The lowest BCUT2D eigenvalue weighted by Crippen LogP contribution is -2.14. The fourth-order valence-electron chi connectivity index (χ4n) is 1.83. The number of nitrogen functional groups attached to an aromatic ring is 1. The lowest BCUT2D eigenvalue weighted by molar-refractivity contribution is 0.623. The second kappa shape index (κ2) is 3.55. The highest BCUT2D eigenvalue weighted by molar-refractivity contribution is 5.79. The van der Waals surface area contributed by atoms with Gasteiger partial charge < -0.3 is 4.57 Å². The molecule has 0 spiro atoms. The molecule has 2 aromatic rings. The van der Waals surface area contributed by atoms with Gasteiger partial charge in [-0.25, -0.2) is 10.8 Å². The van der Waals surface area contributed by atoms with Crippen molar-refractivity contribution in [2.45, 2.75) is 26.8 Å². The Hall–Kier alpha value is -1.55. The zero-order valence-electron chi connectivity index (χ0n) is 9.28. The molecule has 15 heavy (non-hydrogen) atoms. The predicted molar refractivity (Wildman–Crippen MR) is 62.7 cm³/mol. The van der Waals surface area contributed by atoms with Gasteiger partial charge in [-0.3, -0.25) is 5.43 Å². The van der Waals surface area contributed by atoms with Gasteiger partial charge in [0.25, 0.3) is 0 Å². The van der Waals surface area contributed by atoms with Crippen LogP contribution in [0, 0.1) is 6.92 Å². The highest BCUT2D eigenvalue weighted by Crippen LogP contribution is 2.24.